The molecule has 0 saturated heterocycles. The van der Waals surface area contributed by atoms with Crippen LogP contribution >= 0.6 is 0 Å². The first-order chi connectivity index (χ1) is 11.3. The summed E-state index contributed by atoms with van der Waals surface area (Å²) in [6.45, 7) is 1.72. The van der Waals surface area contributed by atoms with Crippen molar-refractivity contribution in [2.24, 2.45) is 5.73 Å². The van der Waals surface area contributed by atoms with Crippen molar-refractivity contribution in [1.29, 1.82) is 0 Å². The molecule has 1 fully saturated rings. The fourth-order valence-corrected chi connectivity index (χ4v) is 3.33. The lowest BCUT2D eigenvalue weighted by molar-refractivity contribution is -0.138. The van der Waals surface area contributed by atoms with Crippen LogP contribution < -0.4 is 5.73 Å². The van der Waals surface area contributed by atoms with E-state index in [1.807, 2.05) is 0 Å². The number of rotatable bonds is 4. The van der Waals surface area contributed by atoms with E-state index in [1.165, 1.54) is 12.1 Å². The van der Waals surface area contributed by atoms with Crippen molar-refractivity contribution in [3.8, 4) is 0 Å². The monoisotopic (exact) mass is 339 g/mol. The molecule has 4 nitrogen and oxygen atoms in total. The summed E-state index contributed by atoms with van der Waals surface area (Å²) < 4.78 is 44.7. The predicted octanol–water partition coefficient (Wildman–Crippen LogP) is 4.16. The Morgan fingerprint density at radius 1 is 1.25 bits per heavy atom. The second kappa shape index (κ2) is 6.20. The molecule has 1 aliphatic rings. The Labute approximate surface area is 138 Å². The van der Waals surface area contributed by atoms with Crippen LogP contribution in [0.3, 0.4) is 0 Å². The Kier molecular flexibility index (Phi) is 4.38. The third kappa shape index (κ3) is 3.31. The van der Waals surface area contributed by atoms with Gasteiger partial charge in [-0.25, -0.2) is 0 Å². The van der Waals surface area contributed by atoms with Gasteiger partial charge in [-0.2, -0.15) is 18.2 Å². The van der Waals surface area contributed by atoms with E-state index in [0.29, 0.717) is 11.7 Å². The number of nitrogens with zero attached hydrogens (tertiary/aromatic N) is 2. The van der Waals surface area contributed by atoms with Crippen molar-refractivity contribution < 1.29 is 17.7 Å². The summed E-state index contributed by atoms with van der Waals surface area (Å²) in [6, 6.07) is 5.58. The van der Waals surface area contributed by atoms with Crippen molar-refractivity contribution in [3.05, 3.63) is 47.1 Å². The molecule has 1 heterocycles. The Balaban J connectivity index is 1.79. The molecule has 1 aromatic carbocycles. The first-order valence-electron chi connectivity index (χ1n) is 8.08. The molecule has 1 saturated carbocycles. The number of hydrogen-bond acceptors (Lipinski definition) is 4. The molecule has 0 aliphatic heterocycles. The quantitative estimate of drug-likeness (QED) is 0.908. The lowest BCUT2D eigenvalue weighted by Crippen LogP contribution is -2.34. The smallest absolute Gasteiger partial charge is 0.339 e. The van der Waals surface area contributed by atoms with Gasteiger partial charge in [-0.1, -0.05) is 43.1 Å². The third-order valence-corrected chi connectivity index (χ3v) is 4.69. The Morgan fingerprint density at radius 3 is 2.58 bits per heavy atom. The molecule has 1 unspecified atom stereocenters. The summed E-state index contributed by atoms with van der Waals surface area (Å²) in [7, 11) is 0. The van der Waals surface area contributed by atoms with E-state index in [2.05, 4.69) is 10.1 Å². The molecule has 2 N–H and O–H groups in total. The summed E-state index contributed by atoms with van der Waals surface area (Å²) in [5.41, 5.74) is 5.33. The molecule has 0 spiro atoms. The summed E-state index contributed by atoms with van der Waals surface area (Å²) in [4.78, 5) is 4.34. The Bertz CT molecular complexity index is 705. The van der Waals surface area contributed by atoms with E-state index >= 15 is 0 Å². The van der Waals surface area contributed by atoms with Gasteiger partial charge in [0.2, 0.25) is 5.89 Å². The van der Waals surface area contributed by atoms with Gasteiger partial charge in [-0.05, 0) is 30.4 Å². The minimum atomic E-state index is -4.38. The highest BCUT2D eigenvalue weighted by molar-refractivity contribution is 5.32. The van der Waals surface area contributed by atoms with E-state index in [1.54, 1.807) is 13.0 Å². The maximum atomic E-state index is 13.1. The van der Waals surface area contributed by atoms with Gasteiger partial charge < -0.3 is 10.3 Å². The van der Waals surface area contributed by atoms with Gasteiger partial charge in [0.15, 0.2) is 5.82 Å². The number of hydrogen-bond donors (Lipinski definition) is 1. The van der Waals surface area contributed by atoms with E-state index in [4.69, 9.17) is 10.3 Å². The summed E-state index contributed by atoms with van der Waals surface area (Å²) in [5, 5.41) is 3.95. The summed E-state index contributed by atoms with van der Waals surface area (Å²) >= 11 is 0. The van der Waals surface area contributed by atoms with Gasteiger partial charge in [-0.3, -0.25) is 0 Å². The van der Waals surface area contributed by atoms with E-state index in [9.17, 15) is 13.2 Å². The van der Waals surface area contributed by atoms with Gasteiger partial charge in [-0.15, -0.1) is 0 Å². The van der Waals surface area contributed by atoms with Crippen molar-refractivity contribution in [2.75, 3.05) is 0 Å². The molecule has 1 aliphatic carbocycles. The second-order valence-electron chi connectivity index (χ2n) is 6.57. The van der Waals surface area contributed by atoms with Gasteiger partial charge in [0.1, 0.15) is 0 Å². The van der Waals surface area contributed by atoms with Crippen LogP contribution in [0.5, 0.6) is 0 Å². The average Bonchev–Trinajstić information content (AvgIpc) is 3.16. The molecule has 3 rings (SSSR count). The molecular formula is C17H20F3N3O. The van der Waals surface area contributed by atoms with Crippen molar-refractivity contribution in [1.82, 2.24) is 10.1 Å². The zero-order valence-corrected chi connectivity index (χ0v) is 13.4. The van der Waals surface area contributed by atoms with Crippen LogP contribution in [0.1, 0.15) is 61.4 Å². The van der Waals surface area contributed by atoms with Crippen LogP contribution in [0.15, 0.2) is 28.8 Å². The maximum Gasteiger partial charge on any atom is 0.416 e. The topological polar surface area (TPSA) is 64.9 Å². The third-order valence-electron chi connectivity index (χ3n) is 4.69. The standard InChI is InChI=1S/C17H20F3N3O/c1-11(12-6-2-3-7-13(12)17(18,19)20)10-14-22-15(23-24-14)16(21)8-4-5-9-16/h2-3,6-7,11H,4-5,8-10,21H2,1H3. The number of aromatic nitrogens is 2. The highest BCUT2D eigenvalue weighted by Crippen LogP contribution is 2.37. The molecule has 1 aromatic heterocycles. The van der Waals surface area contributed by atoms with Crippen LogP contribution in [-0.2, 0) is 18.1 Å². The summed E-state index contributed by atoms with van der Waals surface area (Å²) in [5.74, 6) is 0.394. The zero-order chi connectivity index (χ0) is 17.4. The molecule has 0 radical (unpaired) electrons. The fourth-order valence-electron chi connectivity index (χ4n) is 3.33. The number of alkyl halides is 3. The summed E-state index contributed by atoms with van der Waals surface area (Å²) in [6.07, 6.45) is -0.478. The van der Waals surface area contributed by atoms with Gasteiger partial charge in [0, 0.05) is 6.42 Å². The molecule has 1 atom stereocenters. The first-order valence-corrected chi connectivity index (χ1v) is 8.08. The second-order valence-corrected chi connectivity index (χ2v) is 6.57. The van der Waals surface area contributed by atoms with Crippen molar-refractivity contribution in [3.63, 3.8) is 0 Å². The maximum absolute atomic E-state index is 13.1. The van der Waals surface area contributed by atoms with Crippen LogP contribution in [0.25, 0.3) is 0 Å². The fraction of sp³-hybridized carbons (Fsp3) is 0.529. The lowest BCUT2D eigenvalue weighted by Gasteiger charge is -2.18. The molecule has 0 bridgehead atoms. The SMILES string of the molecule is CC(Cc1nc(C2(N)CCCC2)no1)c1ccccc1C(F)(F)F. The first kappa shape index (κ1) is 17.0. The number of nitrogens with two attached hydrogens (primary N) is 1. The molecule has 0 amide bonds. The van der Waals surface area contributed by atoms with Crippen LogP contribution in [0, 0.1) is 0 Å². The predicted molar refractivity (Wildman–Crippen MR) is 82.2 cm³/mol. The normalized spacial score (nSPS) is 18.7. The van der Waals surface area contributed by atoms with E-state index in [-0.39, 0.29) is 12.0 Å². The molecule has 7 heteroatoms. The highest BCUT2D eigenvalue weighted by Gasteiger charge is 2.37. The minimum absolute atomic E-state index is 0.230. The molecular weight excluding hydrogens is 319 g/mol. The van der Waals surface area contributed by atoms with Gasteiger partial charge in [0.05, 0.1) is 11.1 Å². The van der Waals surface area contributed by atoms with Crippen LogP contribution in [0.4, 0.5) is 13.2 Å². The van der Waals surface area contributed by atoms with Crippen molar-refractivity contribution >= 4 is 0 Å². The minimum Gasteiger partial charge on any atom is -0.339 e. The largest absolute Gasteiger partial charge is 0.416 e. The van der Waals surface area contributed by atoms with Crippen LogP contribution in [-0.4, -0.2) is 10.1 Å². The lowest BCUT2D eigenvalue weighted by atomic mass is 9.92. The molecule has 24 heavy (non-hydrogen) atoms. The highest BCUT2D eigenvalue weighted by atomic mass is 19.4. The molecule has 2 aromatic rings. The Morgan fingerprint density at radius 2 is 1.92 bits per heavy atom. The van der Waals surface area contributed by atoms with Crippen LogP contribution in [0.2, 0.25) is 0 Å². The number of halogens is 3. The van der Waals surface area contributed by atoms with E-state index < -0.39 is 23.2 Å². The van der Waals surface area contributed by atoms with Gasteiger partial charge in [0.25, 0.3) is 0 Å². The Hall–Kier alpha value is -1.89. The van der Waals surface area contributed by atoms with Gasteiger partial charge >= 0.3 is 6.18 Å². The average molecular weight is 339 g/mol. The van der Waals surface area contributed by atoms with Crippen molar-refractivity contribution in [2.45, 2.75) is 56.7 Å². The molecule has 130 valence electrons. The van der Waals surface area contributed by atoms with E-state index in [0.717, 1.165) is 31.7 Å². The zero-order valence-electron chi connectivity index (χ0n) is 13.4. The number of benzene rings is 1.